The highest BCUT2D eigenvalue weighted by Crippen LogP contribution is 2.39. The zero-order valence-corrected chi connectivity index (χ0v) is 14.7. The van der Waals surface area contributed by atoms with Crippen molar-refractivity contribution < 1.29 is 9.13 Å². The molecular weight excluding hydrogens is 333 g/mol. The van der Waals surface area contributed by atoms with E-state index in [1.165, 1.54) is 6.07 Å². The van der Waals surface area contributed by atoms with E-state index < -0.39 is 0 Å². The Hall–Kier alpha value is -0.450. The van der Waals surface area contributed by atoms with Crippen molar-refractivity contribution in [1.29, 1.82) is 0 Å². The number of hydrogen-bond acceptors (Lipinski definition) is 2. The second kappa shape index (κ2) is 7.21. The van der Waals surface area contributed by atoms with Crippen LogP contribution in [-0.4, -0.2) is 25.8 Å². The smallest absolute Gasteiger partial charge is 0.123 e. The third-order valence-corrected chi connectivity index (χ3v) is 5.18. The molecule has 2 rings (SSSR count). The molecule has 1 aliphatic rings. The van der Waals surface area contributed by atoms with Crippen LogP contribution in [0.2, 0.25) is 0 Å². The van der Waals surface area contributed by atoms with Crippen molar-refractivity contribution in [3.8, 4) is 0 Å². The van der Waals surface area contributed by atoms with Crippen LogP contribution in [0.1, 0.15) is 32.8 Å². The summed E-state index contributed by atoms with van der Waals surface area (Å²) in [6, 6.07) is 4.92. The van der Waals surface area contributed by atoms with Gasteiger partial charge < -0.3 is 10.1 Å². The topological polar surface area (TPSA) is 21.3 Å². The molecule has 2 nitrogen and oxygen atoms in total. The van der Waals surface area contributed by atoms with Gasteiger partial charge in [0, 0.05) is 23.0 Å². The number of ether oxygens (including phenoxy) is 1. The lowest BCUT2D eigenvalue weighted by Crippen LogP contribution is -2.42. The van der Waals surface area contributed by atoms with Gasteiger partial charge in [0.15, 0.2) is 0 Å². The average Bonchev–Trinajstić information content (AvgIpc) is 2.75. The number of halogens is 2. The Morgan fingerprint density at radius 2 is 2.24 bits per heavy atom. The second-order valence-corrected chi connectivity index (χ2v) is 7.42. The molecule has 0 spiro atoms. The zero-order chi connectivity index (χ0) is 15.5. The van der Waals surface area contributed by atoms with E-state index in [9.17, 15) is 4.39 Å². The van der Waals surface area contributed by atoms with Crippen LogP contribution in [0.25, 0.3) is 0 Å². The number of nitrogens with one attached hydrogen (secondary N) is 1. The van der Waals surface area contributed by atoms with Crippen molar-refractivity contribution in [2.75, 3.05) is 19.7 Å². The van der Waals surface area contributed by atoms with Crippen LogP contribution in [0.15, 0.2) is 22.7 Å². The second-order valence-electron chi connectivity index (χ2n) is 6.56. The van der Waals surface area contributed by atoms with Gasteiger partial charge >= 0.3 is 0 Å². The fourth-order valence-electron chi connectivity index (χ4n) is 3.01. The number of rotatable bonds is 6. The van der Waals surface area contributed by atoms with E-state index in [1.54, 1.807) is 12.1 Å². The van der Waals surface area contributed by atoms with Gasteiger partial charge in [-0.05, 0) is 56.0 Å². The highest BCUT2D eigenvalue weighted by atomic mass is 79.9. The van der Waals surface area contributed by atoms with Crippen molar-refractivity contribution in [3.05, 3.63) is 34.1 Å². The van der Waals surface area contributed by atoms with Gasteiger partial charge in [0.05, 0.1) is 6.10 Å². The third-order valence-electron chi connectivity index (χ3n) is 4.41. The summed E-state index contributed by atoms with van der Waals surface area (Å²) in [6.07, 6.45) is 2.03. The van der Waals surface area contributed by atoms with Crippen LogP contribution < -0.4 is 5.32 Å². The van der Waals surface area contributed by atoms with Gasteiger partial charge in [0.1, 0.15) is 5.82 Å². The molecule has 0 amide bonds. The monoisotopic (exact) mass is 357 g/mol. The minimum Gasteiger partial charge on any atom is -0.378 e. The molecule has 21 heavy (non-hydrogen) atoms. The Morgan fingerprint density at radius 1 is 1.48 bits per heavy atom. The Labute approximate surface area is 135 Å². The van der Waals surface area contributed by atoms with E-state index in [1.807, 2.05) is 0 Å². The fraction of sp³-hybridized carbons (Fsp3) is 0.647. The van der Waals surface area contributed by atoms with Crippen LogP contribution >= 0.6 is 15.9 Å². The van der Waals surface area contributed by atoms with Gasteiger partial charge in [0.2, 0.25) is 0 Å². The van der Waals surface area contributed by atoms with Crippen LogP contribution in [0.4, 0.5) is 4.39 Å². The summed E-state index contributed by atoms with van der Waals surface area (Å²) in [4.78, 5) is 0. The Balaban J connectivity index is 2.14. The first kappa shape index (κ1) is 16.9. The summed E-state index contributed by atoms with van der Waals surface area (Å²) in [6.45, 7) is 9.25. The summed E-state index contributed by atoms with van der Waals surface area (Å²) in [7, 11) is 0. The van der Waals surface area contributed by atoms with Crippen LogP contribution in [0.3, 0.4) is 0 Å². The molecular formula is C17H25BrFNO. The maximum absolute atomic E-state index is 13.5. The summed E-state index contributed by atoms with van der Waals surface area (Å²) in [5.41, 5.74) is 1.07. The molecule has 1 aromatic carbocycles. The van der Waals surface area contributed by atoms with Crippen molar-refractivity contribution in [1.82, 2.24) is 5.32 Å². The molecule has 0 bridgehead atoms. The van der Waals surface area contributed by atoms with Gasteiger partial charge in [-0.2, -0.15) is 0 Å². The average molecular weight is 358 g/mol. The molecule has 0 aromatic heterocycles. The third kappa shape index (κ3) is 4.27. The van der Waals surface area contributed by atoms with Gasteiger partial charge in [-0.3, -0.25) is 0 Å². The van der Waals surface area contributed by atoms with Crippen molar-refractivity contribution in [2.45, 2.75) is 39.7 Å². The first-order valence-electron chi connectivity index (χ1n) is 7.69. The molecule has 1 aromatic rings. The molecule has 2 atom stereocenters. The highest BCUT2D eigenvalue weighted by molar-refractivity contribution is 9.10. The first-order chi connectivity index (χ1) is 9.93. The summed E-state index contributed by atoms with van der Waals surface area (Å²) in [5.74, 6) is 0.450. The molecule has 1 fully saturated rings. The summed E-state index contributed by atoms with van der Waals surface area (Å²) in [5, 5.41) is 3.56. The highest BCUT2D eigenvalue weighted by Gasteiger charge is 2.41. The van der Waals surface area contributed by atoms with E-state index in [2.05, 4.69) is 42.0 Å². The van der Waals surface area contributed by atoms with Gasteiger partial charge in [-0.25, -0.2) is 4.39 Å². The standard InChI is InChI=1S/C17H25BrFNO/c1-12(2)10-20-11-17(6-7-21-13(17)3)9-14-8-15(19)4-5-16(14)18/h4-5,8,12-13,20H,6-7,9-11H2,1-3H3. The van der Waals surface area contributed by atoms with Crippen LogP contribution in [-0.2, 0) is 11.2 Å². The minimum atomic E-state index is -0.176. The maximum Gasteiger partial charge on any atom is 0.123 e. The van der Waals surface area contributed by atoms with Gasteiger partial charge in [-0.1, -0.05) is 29.8 Å². The Bertz CT molecular complexity index is 480. The largest absolute Gasteiger partial charge is 0.378 e. The molecule has 2 unspecified atom stereocenters. The minimum absolute atomic E-state index is 0.0468. The predicted octanol–water partition coefficient (Wildman–Crippen LogP) is 4.17. The lowest BCUT2D eigenvalue weighted by Gasteiger charge is -2.33. The SMILES string of the molecule is CC(C)CNCC1(Cc2cc(F)ccc2Br)CCOC1C. The van der Waals surface area contributed by atoms with E-state index in [0.717, 1.165) is 42.6 Å². The summed E-state index contributed by atoms with van der Waals surface area (Å²) < 4.78 is 20.3. The van der Waals surface area contributed by atoms with Gasteiger partial charge in [0.25, 0.3) is 0 Å². The molecule has 4 heteroatoms. The van der Waals surface area contributed by atoms with E-state index >= 15 is 0 Å². The van der Waals surface area contributed by atoms with E-state index in [0.29, 0.717) is 5.92 Å². The molecule has 1 aliphatic heterocycles. The zero-order valence-electron chi connectivity index (χ0n) is 13.1. The maximum atomic E-state index is 13.5. The molecule has 0 aliphatic carbocycles. The molecule has 1 heterocycles. The van der Waals surface area contributed by atoms with Crippen LogP contribution in [0.5, 0.6) is 0 Å². The van der Waals surface area contributed by atoms with Gasteiger partial charge in [-0.15, -0.1) is 0 Å². The summed E-state index contributed by atoms with van der Waals surface area (Å²) >= 11 is 3.55. The fourth-order valence-corrected chi connectivity index (χ4v) is 3.40. The number of hydrogen-bond donors (Lipinski definition) is 1. The molecule has 1 N–H and O–H groups in total. The first-order valence-corrected chi connectivity index (χ1v) is 8.48. The Morgan fingerprint density at radius 3 is 2.86 bits per heavy atom. The Kier molecular flexibility index (Phi) is 5.81. The molecule has 0 saturated carbocycles. The lowest BCUT2D eigenvalue weighted by atomic mass is 9.76. The molecule has 118 valence electrons. The van der Waals surface area contributed by atoms with Crippen molar-refractivity contribution in [2.24, 2.45) is 11.3 Å². The number of benzene rings is 1. The van der Waals surface area contributed by atoms with E-state index in [-0.39, 0.29) is 17.3 Å². The lowest BCUT2D eigenvalue weighted by molar-refractivity contribution is 0.0626. The molecule has 0 radical (unpaired) electrons. The van der Waals surface area contributed by atoms with E-state index in [4.69, 9.17) is 4.74 Å². The van der Waals surface area contributed by atoms with Crippen molar-refractivity contribution in [3.63, 3.8) is 0 Å². The molecule has 1 saturated heterocycles. The predicted molar refractivity (Wildman–Crippen MR) is 88.0 cm³/mol. The normalized spacial score (nSPS) is 25.7. The van der Waals surface area contributed by atoms with Crippen LogP contribution in [0, 0.1) is 17.2 Å². The van der Waals surface area contributed by atoms with Crippen molar-refractivity contribution >= 4 is 15.9 Å². The quantitative estimate of drug-likeness (QED) is 0.824.